The lowest BCUT2D eigenvalue weighted by Gasteiger charge is -2.22. The van der Waals surface area contributed by atoms with Gasteiger partial charge in [0.05, 0.1) is 6.54 Å². The van der Waals surface area contributed by atoms with Crippen LogP contribution in [-0.2, 0) is 0 Å². The Balaban J connectivity index is 2.20. The van der Waals surface area contributed by atoms with Crippen molar-refractivity contribution in [3.63, 3.8) is 0 Å². The van der Waals surface area contributed by atoms with Gasteiger partial charge in [-0.2, -0.15) is 13.2 Å². The maximum absolute atomic E-state index is 12.9. The first-order valence-electron chi connectivity index (χ1n) is 5.13. The molecule has 1 aliphatic rings. The number of amidine groups is 1. The molecule has 0 saturated heterocycles. The fourth-order valence-electron chi connectivity index (χ4n) is 1.55. The van der Waals surface area contributed by atoms with Gasteiger partial charge >= 0.3 is 6.18 Å². The summed E-state index contributed by atoms with van der Waals surface area (Å²) < 4.78 is 38.8. The van der Waals surface area contributed by atoms with Gasteiger partial charge in [0.15, 0.2) is 5.17 Å². The summed E-state index contributed by atoms with van der Waals surface area (Å²) >= 11 is 1.32. The Labute approximate surface area is 101 Å². The van der Waals surface area contributed by atoms with E-state index in [1.54, 1.807) is 18.2 Å². The summed E-state index contributed by atoms with van der Waals surface area (Å²) in [5.74, 6) is 0.738. The molecular formula is C11H11F3N2S. The molecule has 0 saturated carbocycles. The number of aliphatic imine (C=N–C) groups is 1. The zero-order chi connectivity index (χ0) is 12.3. The van der Waals surface area contributed by atoms with Gasteiger partial charge in [0, 0.05) is 5.75 Å². The van der Waals surface area contributed by atoms with Crippen molar-refractivity contribution in [1.29, 1.82) is 0 Å². The molecule has 17 heavy (non-hydrogen) atoms. The predicted molar refractivity (Wildman–Crippen MR) is 63.1 cm³/mol. The summed E-state index contributed by atoms with van der Waals surface area (Å²) in [6.45, 7) is 0.576. The van der Waals surface area contributed by atoms with Crippen LogP contribution in [0.5, 0.6) is 0 Å². The molecule has 92 valence electrons. The topological polar surface area (TPSA) is 24.4 Å². The summed E-state index contributed by atoms with van der Waals surface area (Å²) in [5.41, 5.74) is 0.204. The Hall–Kier alpha value is -1.17. The second kappa shape index (κ2) is 5.00. The molecule has 2 nitrogen and oxygen atoms in total. The zero-order valence-electron chi connectivity index (χ0n) is 8.87. The van der Waals surface area contributed by atoms with Crippen molar-refractivity contribution in [2.24, 2.45) is 4.99 Å². The first-order chi connectivity index (χ1) is 8.07. The van der Waals surface area contributed by atoms with Crippen LogP contribution in [0.3, 0.4) is 0 Å². The number of alkyl halides is 3. The highest BCUT2D eigenvalue weighted by atomic mass is 32.2. The van der Waals surface area contributed by atoms with Crippen LogP contribution >= 0.6 is 11.8 Å². The number of benzene rings is 1. The molecular weight excluding hydrogens is 249 g/mol. The molecule has 1 aromatic carbocycles. The smallest absolute Gasteiger partial charge is 0.350 e. The van der Waals surface area contributed by atoms with Crippen molar-refractivity contribution < 1.29 is 13.2 Å². The number of halogens is 3. The van der Waals surface area contributed by atoms with E-state index < -0.39 is 12.2 Å². The molecule has 1 aliphatic heterocycles. The van der Waals surface area contributed by atoms with Crippen molar-refractivity contribution >= 4 is 16.9 Å². The van der Waals surface area contributed by atoms with Crippen LogP contribution < -0.4 is 5.32 Å². The molecule has 0 aliphatic carbocycles. The summed E-state index contributed by atoms with van der Waals surface area (Å²) in [6.07, 6.45) is -4.33. The molecule has 1 atom stereocenters. The van der Waals surface area contributed by atoms with Crippen molar-refractivity contribution in [3.05, 3.63) is 35.9 Å². The van der Waals surface area contributed by atoms with E-state index in [4.69, 9.17) is 0 Å². The average Bonchev–Trinajstić information content (AvgIpc) is 2.78. The van der Waals surface area contributed by atoms with Crippen molar-refractivity contribution in [1.82, 2.24) is 5.32 Å². The van der Waals surface area contributed by atoms with Crippen molar-refractivity contribution in [2.75, 3.05) is 12.3 Å². The van der Waals surface area contributed by atoms with E-state index in [2.05, 4.69) is 10.3 Å². The number of nitrogens with zero attached hydrogens (tertiary/aromatic N) is 1. The first-order valence-corrected chi connectivity index (χ1v) is 6.11. The van der Waals surface area contributed by atoms with Crippen LogP contribution in [0.4, 0.5) is 13.2 Å². The lowest BCUT2D eigenvalue weighted by Crippen LogP contribution is -2.36. The number of thioether (sulfide) groups is 1. The quantitative estimate of drug-likeness (QED) is 0.884. The number of rotatable bonds is 2. The molecule has 0 aromatic heterocycles. The molecule has 6 heteroatoms. The minimum Gasteiger partial charge on any atom is -0.350 e. The van der Waals surface area contributed by atoms with Gasteiger partial charge in [-0.05, 0) is 5.56 Å². The lowest BCUT2D eigenvalue weighted by molar-refractivity contribution is -0.153. The highest BCUT2D eigenvalue weighted by Gasteiger charge is 2.41. The monoisotopic (exact) mass is 260 g/mol. The molecule has 1 unspecified atom stereocenters. The van der Waals surface area contributed by atoms with Crippen LogP contribution in [0.2, 0.25) is 0 Å². The lowest BCUT2D eigenvalue weighted by atomic mass is 10.1. The minimum atomic E-state index is -4.33. The van der Waals surface area contributed by atoms with E-state index in [0.717, 1.165) is 5.75 Å². The third-order valence-corrected chi connectivity index (χ3v) is 3.22. The largest absolute Gasteiger partial charge is 0.412 e. The van der Waals surface area contributed by atoms with Crippen LogP contribution in [0.25, 0.3) is 0 Å². The molecule has 0 fully saturated rings. The maximum atomic E-state index is 12.9. The first kappa shape index (κ1) is 12.3. The Morgan fingerprint density at radius 2 is 1.94 bits per heavy atom. The third-order valence-electron chi connectivity index (χ3n) is 2.31. The molecule has 0 radical (unpaired) electrons. The number of hydrogen-bond acceptors (Lipinski definition) is 3. The van der Waals surface area contributed by atoms with Crippen LogP contribution in [0, 0.1) is 0 Å². The third kappa shape index (κ3) is 3.15. The molecule has 1 aromatic rings. The van der Waals surface area contributed by atoms with Gasteiger partial charge in [-0.15, -0.1) is 0 Å². The molecule has 2 rings (SSSR count). The van der Waals surface area contributed by atoms with E-state index in [9.17, 15) is 13.2 Å². The molecule has 1 N–H and O–H groups in total. The average molecular weight is 260 g/mol. The molecule has 0 amide bonds. The predicted octanol–water partition coefficient (Wildman–Crippen LogP) is 2.98. The van der Waals surface area contributed by atoms with Gasteiger partial charge in [0.2, 0.25) is 0 Å². The molecule has 0 bridgehead atoms. The second-order valence-corrected chi connectivity index (χ2v) is 4.65. The minimum absolute atomic E-state index is 0.204. The Morgan fingerprint density at radius 3 is 2.47 bits per heavy atom. The van der Waals surface area contributed by atoms with Crippen LogP contribution in [-0.4, -0.2) is 23.6 Å². The Morgan fingerprint density at radius 1 is 1.24 bits per heavy atom. The van der Waals surface area contributed by atoms with Crippen LogP contribution in [0.1, 0.15) is 11.6 Å². The number of hydrogen-bond donors (Lipinski definition) is 1. The van der Waals surface area contributed by atoms with E-state index in [1.165, 1.54) is 23.9 Å². The fourth-order valence-corrected chi connectivity index (χ4v) is 2.31. The number of nitrogens with one attached hydrogen (secondary N) is 1. The van der Waals surface area contributed by atoms with Gasteiger partial charge in [-0.25, -0.2) is 0 Å². The molecule has 1 heterocycles. The van der Waals surface area contributed by atoms with Gasteiger partial charge in [-0.3, -0.25) is 4.99 Å². The normalized spacial score (nSPS) is 17.7. The van der Waals surface area contributed by atoms with Crippen LogP contribution in [0.15, 0.2) is 35.3 Å². The summed E-state index contributed by atoms with van der Waals surface area (Å²) in [7, 11) is 0. The van der Waals surface area contributed by atoms with E-state index >= 15 is 0 Å². The van der Waals surface area contributed by atoms with Crippen molar-refractivity contribution in [2.45, 2.75) is 12.2 Å². The van der Waals surface area contributed by atoms with Gasteiger partial charge < -0.3 is 5.32 Å². The van der Waals surface area contributed by atoms with E-state index in [-0.39, 0.29) is 5.56 Å². The van der Waals surface area contributed by atoms with Gasteiger partial charge in [-0.1, -0.05) is 42.1 Å². The summed E-state index contributed by atoms with van der Waals surface area (Å²) in [6, 6.07) is 6.13. The van der Waals surface area contributed by atoms with E-state index in [1.807, 2.05) is 0 Å². The van der Waals surface area contributed by atoms with Crippen molar-refractivity contribution in [3.8, 4) is 0 Å². The highest BCUT2D eigenvalue weighted by molar-refractivity contribution is 8.14. The molecule has 0 spiro atoms. The zero-order valence-corrected chi connectivity index (χ0v) is 9.68. The summed E-state index contributed by atoms with van der Waals surface area (Å²) in [4.78, 5) is 3.98. The summed E-state index contributed by atoms with van der Waals surface area (Å²) in [5, 5.41) is 2.83. The Kier molecular flexibility index (Phi) is 3.61. The van der Waals surface area contributed by atoms with Gasteiger partial charge in [0.25, 0.3) is 0 Å². The highest BCUT2D eigenvalue weighted by Crippen LogP contribution is 2.33. The standard InChI is InChI=1S/C11H11F3N2S/c12-11(13,14)9(8-4-2-1-3-5-8)16-10-15-6-7-17-10/h1-5,9H,6-7H2,(H,15,16). The van der Waals surface area contributed by atoms with Gasteiger partial charge in [0.1, 0.15) is 6.04 Å². The van der Waals surface area contributed by atoms with E-state index in [0.29, 0.717) is 11.7 Å². The Bertz CT molecular complexity index is 403. The fraction of sp³-hybridized carbons (Fsp3) is 0.364. The maximum Gasteiger partial charge on any atom is 0.412 e. The second-order valence-electron chi connectivity index (χ2n) is 3.56. The SMILES string of the molecule is FC(F)(F)C(NC1=NCCS1)c1ccccc1.